The molecule has 0 heterocycles. The van der Waals surface area contributed by atoms with Crippen molar-refractivity contribution in [3.05, 3.63) is 0 Å². The molecule has 0 atom stereocenters. The van der Waals surface area contributed by atoms with Gasteiger partial charge in [0.05, 0.1) is 0 Å². The van der Waals surface area contributed by atoms with Crippen LogP contribution in [0.25, 0.3) is 0 Å². The molecule has 16 heteroatoms. The highest BCUT2D eigenvalue weighted by Crippen LogP contribution is 2.26. The third-order valence-corrected chi connectivity index (χ3v) is 18.1. The second kappa shape index (κ2) is 23.0. The molecule has 0 aliphatic carbocycles. The second-order valence-electron chi connectivity index (χ2n) is 7.55. The zero-order valence-electron chi connectivity index (χ0n) is 26.0. The lowest BCUT2D eigenvalue weighted by molar-refractivity contribution is 0.0584. The van der Waals surface area contributed by atoms with E-state index in [1.54, 1.807) is 42.7 Å². The fourth-order valence-electron chi connectivity index (χ4n) is 3.73. The SMILES string of the molecule is CCO[Si](CC[Si](OCC)(OCC)OCC)(OCC)OCC.CO[Si](CC[Si](OC)(OC)OC)(OC)OC. The van der Waals surface area contributed by atoms with Crippen molar-refractivity contribution in [1.29, 1.82) is 0 Å². The van der Waals surface area contributed by atoms with Crippen LogP contribution in [-0.2, 0) is 53.1 Å². The molecule has 0 aliphatic rings. The predicted octanol–water partition coefficient (Wildman–Crippen LogP) is 3.83. The molecule has 0 aromatic heterocycles. The standard InChI is InChI=1S/C14H34O6Si2.C8H22O6Si2/c1-7-15-21(16-8-2,17-9-3)13-14-22(18-10-4,19-11-5)20-12-6;1-9-15(10-2,11-3)7-8-16(12-4,13-5)14-6/h7-14H2,1-6H3;7-8H2,1-6H3. The van der Waals surface area contributed by atoms with Gasteiger partial charge in [0, 0.05) is 106 Å². The van der Waals surface area contributed by atoms with E-state index in [4.69, 9.17) is 53.1 Å². The Kier molecular flexibility index (Phi) is 24.5. The van der Waals surface area contributed by atoms with Crippen molar-refractivity contribution in [3.8, 4) is 0 Å². The maximum atomic E-state index is 5.89. The van der Waals surface area contributed by atoms with Crippen LogP contribution >= 0.6 is 0 Å². The molecule has 0 bridgehead atoms. The summed E-state index contributed by atoms with van der Waals surface area (Å²) < 4.78 is 67.2. The Labute approximate surface area is 236 Å². The molecule has 0 aromatic rings. The van der Waals surface area contributed by atoms with E-state index in [0.717, 1.165) is 0 Å². The van der Waals surface area contributed by atoms with Crippen LogP contribution in [0.1, 0.15) is 41.5 Å². The molecule has 0 saturated carbocycles. The van der Waals surface area contributed by atoms with Crippen LogP contribution in [0.2, 0.25) is 24.2 Å². The largest absolute Gasteiger partial charge is 0.500 e. The Balaban J connectivity index is 0. The van der Waals surface area contributed by atoms with Gasteiger partial charge >= 0.3 is 35.2 Å². The van der Waals surface area contributed by atoms with Crippen molar-refractivity contribution in [3.63, 3.8) is 0 Å². The highest BCUT2D eigenvalue weighted by atomic mass is 28.4. The summed E-state index contributed by atoms with van der Waals surface area (Å²) in [6, 6.07) is 2.49. The van der Waals surface area contributed by atoms with E-state index >= 15 is 0 Å². The minimum Gasteiger partial charge on any atom is -0.377 e. The van der Waals surface area contributed by atoms with Crippen LogP contribution in [0.3, 0.4) is 0 Å². The molecular weight excluding hydrogens is 569 g/mol. The Hall–Kier alpha value is 0.388. The molecule has 0 N–H and O–H groups in total. The zero-order chi connectivity index (χ0) is 29.6. The molecule has 38 heavy (non-hydrogen) atoms. The summed E-state index contributed by atoms with van der Waals surface area (Å²) >= 11 is 0. The molecule has 0 aromatic carbocycles. The summed E-state index contributed by atoms with van der Waals surface area (Å²) in [5.41, 5.74) is 0. The van der Waals surface area contributed by atoms with Gasteiger partial charge < -0.3 is 53.1 Å². The van der Waals surface area contributed by atoms with Gasteiger partial charge in [0.2, 0.25) is 0 Å². The molecule has 0 saturated heterocycles. The first-order chi connectivity index (χ1) is 18.1. The van der Waals surface area contributed by atoms with Crippen molar-refractivity contribution >= 4 is 35.2 Å². The smallest absolute Gasteiger partial charge is 0.377 e. The summed E-state index contributed by atoms with van der Waals surface area (Å²) in [7, 11) is -1.09. The van der Waals surface area contributed by atoms with Crippen LogP contribution in [0, 0.1) is 0 Å². The lowest BCUT2D eigenvalue weighted by atomic mass is 10.9. The minimum atomic E-state index is -2.70. The predicted molar refractivity (Wildman–Crippen MR) is 154 cm³/mol. The fourth-order valence-corrected chi connectivity index (χ4v) is 14.9. The average Bonchev–Trinajstić information content (AvgIpc) is 2.92. The molecule has 0 rings (SSSR count). The van der Waals surface area contributed by atoms with Crippen LogP contribution in [0.15, 0.2) is 0 Å². The van der Waals surface area contributed by atoms with E-state index in [-0.39, 0.29) is 0 Å². The highest BCUT2D eigenvalue weighted by Gasteiger charge is 2.48. The maximum Gasteiger partial charge on any atom is 0.500 e. The van der Waals surface area contributed by atoms with Gasteiger partial charge in [0.25, 0.3) is 0 Å². The molecule has 12 nitrogen and oxygen atoms in total. The van der Waals surface area contributed by atoms with Gasteiger partial charge in [-0.25, -0.2) is 0 Å². The molecule has 0 radical (unpaired) electrons. The summed E-state index contributed by atoms with van der Waals surface area (Å²) in [5.74, 6) is 0. The van der Waals surface area contributed by atoms with Gasteiger partial charge in [-0.3, -0.25) is 0 Å². The van der Waals surface area contributed by atoms with Crippen LogP contribution in [0.4, 0.5) is 0 Å². The third-order valence-electron chi connectivity index (χ3n) is 5.53. The number of hydrogen-bond donors (Lipinski definition) is 0. The average molecular weight is 625 g/mol. The maximum absolute atomic E-state index is 5.89. The van der Waals surface area contributed by atoms with Gasteiger partial charge in [-0.15, -0.1) is 0 Å². The lowest BCUT2D eigenvalue weighted by Gasteiger charge is -2.33. The summed E-state index contributed by atoms with van der Waals surface area (Å²) in [6.45, 7) is 15.1. The summed E-state index contributed by atoms with van der Waals surface area (Å²) in [5, 5.41) is 0. The Morgan fingerprint density at radius 3 is 0.579 bits per heavy atom. The zero-order valence-corrected chi connectivity index (χ0v) is 30.0. The first-order valence-electron chi connectivity index (χ1n) is 13.3. The van der Waals surface area contributed by atoms with E-state index < -0.39 is 35.2 Å². The van der Waals surface area contributed by atoms with Crippen molar-refractivity contribution in [2.24, 2.45) is 0 Å². The van der Waals surface area contributed by atoms with Gasteiger partial charge in [0.15, 0.2) is 0 Å². The van der Waals surface area contributed by atoms with Gasteiger partial charge in [-0.2, -0.15) is 0 Å². The molecule has 0 spiro atoms. The Morgan fingerprint density at radius 2 is 0.447 bits per heavy atom. The van der Waals surface area contributed by atoms with Crippen molar-refractivity contribution in [2.75, 3.05) is 82.3 Å². The Morgan fingerprint density at radius 1 is 0.289 bits per heavy atom. The first kappa shape index (κ1) is 40.5. The summed E-state index contributed by atoms with van der Waals surface area (Å²) in [4.78, 5) is 0. The molecule has 0 amide bonds. The molecule has 0 unspecified atom stereocenters. The first-order valence-corrected chi connectivity index (χ1v) is 21.0. The topological polar surface area (TPSA) is 111 Å². The number of rotatable bonds is 24. The monoisotopic (exact) mass is 624 g/mol. The van der Waals surface area contributed by atoms with Crippen molar-refractivity contribution < 1.29 is 53.1 Å². The lowest BCUT2D eigenvalue weighted by Crippen LogP contribution is -2.51. The van der Waals surface area contributed by atoms with Crippen molar-refractivity contribution in [1.82, 2.24) is 0 Å². The molecule has 232 valence electrons. The van der Waals surface area contributed by atoms with Gasteiger partial charge in [-0.1, -0.05) is 0 Å². The van der Waals surface area contributed by atoms with E-state index in [9.17, 15) is 0 Å². The van der Waals surface area contributed by atoms with Crippen LogP contribution in [-0.4, -0.2) is 118 Å². The van der Waals surface area contributed by atoms with Crippen molar-refractivity contribution in [2.45, 2.75) is 65.7 Å². The van der Waals surface area contributed by atoms with E-state index in [0.29, 0.717) is 63.8 Å². The van der Waals surface area contributed by atoms with E-state index in [2.05, 4.69) is 0 Å². The minimum absolute atomic E-state index is 0.568. The quantitative estimate of drug-likeness (QED) is 0.146. The van der Waals surface area contributed by atoms with Gasteiger partial charge in [-0.05, 0) is 41.5 Å². The number of hydrogen-bond acceptors (Lipinski definition) is 12. The third kappa shape index (κ3) is 14.3. The fraction of sp³-hybridized carbons (Fsp3) is 1.00. The van der Waals surface area contributed by atoms with Gasteiger partial charge in [0.1, 0.15) is 0 Å². The van der Waals surface area contributed by atoms with E-state index in [1.807, 2.05) is 41.5 Å². The molecule has 0 aliphatic heterocycles. The van der Waals surface area contributed by atoms with Crippen LogP contribution in [0.5, 0.6) is 0 Å². The molecule has 0 fully saturated rings. The molecular formula is C22H56O12Si4. The normalized spacial score (nSPS) is 12.9. The summed E-state index contributed by atoms with van der Waals surface area (Å²) in [6.07, 6.45) is 0. The van der Waals surface area contributed by atoms with Crippen LogP contribution < -0.4 is 0 Å². The highest BCUT2D eigenvalue weighted by molar-refractivity contribution is 6.67. The van der Waals surface area contributed by atoms with E-state index in [1.165, 1.54) is 0 Å². The Bertz CT molecular complexity index is 446. The second-order valence-corrected chi connectivity index (χ2v) is 19.2.